The Labute approximate surface area is 91.1 Å². The van der Waals surface area contributed by atoms with Crippen molar-refractivity contribution in [3.63, 3.8) is 0 Å². The molecule has 1 rings (SSSR count). The molecule has 0 saturated carbocycles. The minimum absolute atomic E-state index is 0.415. The van der Waals surface area contributed by atoms with Gasteiger partial charge in [-0.1, -0.05) is 0 Å². The van der Waals surface area contributed by atoms with E-state index in [1.165, 1.54) is 5.69 Å². The van der Waals surface area contributed by atoms with Gasteiger partial charge in [0.15, 0.2) is 0 Å². The van der Waals surface area contributed by atoms with Crippen molar-refractivity contribution in [2.75, 3.05) is 13.1 Å². The molecule has 15 heavy (non-hydrogen) atoms. The van der Waals surface area contributed by atoms with Crippen LogP contribution < -0.4 is 0 Å². The maximum absolute atomic E-state index is 8.69. The molecule has 1 aromatic heterocycles. The van der Waals surface area contributed by atoms with Gasteiger partial charge in [-0.05, 0) is 19.9 Å². The van der Waals surface area contributed by atoms with Crippen LogP contribution in [-0.4, -0.2) is 33.8 Å². The fourth-order valence-corrected chi connectivity index (χ4v) is 1.52. The fraction of sp³-hybridized carbons (Fsp3) is 0.636. The van der Waals surface area contributed by atoms with E-state index in [9.17, 15) is 0 Å². The largest absolute Gasteiger partial charge is 0.288 e. The molecule has 4 nitrogen and oxygen atoms in total. The van der Waals surface area contributed by atoms with E-state index >= 15 is 0 Å². The van der Waals surface area contributed by atoms with Gasteiger partial charge in [0.25, 0.3) is 0 Å². The second-order valence-corrected chi connectivity index (χ2v) is 3.92. The van der Waals surface area contributed by atoms with E-state index < -0.39 is 0 Å². The van der Waals surface area contributed by atoms with Crippen LogP contribution in [0.25, 0.3) is 0 Å². The molecule has 0 aliphatic carbocycles. The Morgan fingerprint density at radius 1 is 1.60 bits per heavy atom. The molecule has 0 spiro atoms. The summed E-state index contributed by atoms with van der Waals surface area (Å²) in [5.41, 5.74) is 1.21. The SMILES string of the molecule is CC(C)N(CC#N)CCc1ccnn1C. The lowest BCUT2D eigenvalue weighted by molar-refractivity contribution is 0.250. The Morgan fingerprint density at radius 2 is 2.33 bits per heavy atom. The zero-order valence-corrected chi connectivity index (χ0v) is 9.64. The Bertz CT molecular complexity index is 335. The average molecular weight is 206 g/mol. The number of aromatic nitrogens is 2. The van der Waals surface area contributed by atoms with Gasteiger partial charge in [-0.15, -0.1) is 0 Å². The van der Waals surface area contributed by atoms with Gasteiger partial charge in [-0.3, -0.25) is 9.58 Å². The van der Waals surface area contributed by atoms with E-state index in [1.54, 1.807) is 6.20 Å². The van der Waals surface area contributed by atoms with Crippen molar-refractivity contribution < 1.29 is 0 Å². The normalized spacial score (nSPS) is 10.9. The summed E-state index contributed by atoms with van der Waals surface area (Å²) in [4.78, 5) is 2.16. The minimum Gasteiger partial charge on any atom is -0.288 e. The summed E-state index contributed by atoms with van der Waals surface area (Å²) in [7, 11) is 1.94. The average Bonchev–Trinajstić information content (AvgIpc) is 2.58. The summed E-state index contributed by atoms with van der Waals surface area (Å²) in [6.45, 7) is 5.63. The Hall–Kier alpha value is -1.34. The van der Waals surface area contributed by atoms with Gasteiger partial charge in [0, 0.05) is 37.9 Å². The molecule has 0 fully saturated rings. The van der Waals surface area contributed by atoms with Crippen LogP contribution in [-0.2, 0) is 13.5 Å². The topological polar surface area (TPSA) is 44.9 Å². The number of rotatable bonds is 5. The van der Waals surface area contributed by atoms with Crippen molar-refractivity contribution in [2.45, 2.75) is 26.3 Å². The standard InChI is InChI=1S/C11H18N4/c1-10(2)15(9-6-12)8-5-11-4-7-13-14(11)3/h4,7,10H,5,8-9H2,1-3H3. The van der Waals surface area contributed by atoms with Gasteiger partial charge in [-0.25, -0.2) is 0 Å². The second kappa shape index (κ2) is 5.52. The first-order chi connectivity index (χ1) is 7.15. The van der Waals surface area contributed by atoms with Crippen LogP contribution in [0.15, 0.2) is 12.3 Å². The molecule has 0 amide bonds. The van der Waals surface area contributed by atoms with E-state index in [1.807, 2.05) is 17.8 Å². The molecule has 0 radical (unpaired) electrons. The molecule has 0 bridgehead atoms. The van der Waals surface area contributed by atoms with Gasteiger partial charge in [-0.2, -0.15) is 10.4 Å². The highest BCUT2D eigenvalue weighted by atomic mass is 15.3. The molecule has 0 unspecified atom stereocenters. The van der Waals surface area contributed by atoms with Crippen LogP contribution in [0.1, 0.15) is 19.5 Å². The third-order valence-electron chi connectivity index (χ3n) is 2.58. The van der Waals surface area contributed by atoms with Gasteiger partial charge >= 0.3 is 0 Å². The monoisotopic (exact) mass is 206 g/mol. The zero-order valence-electron chi connectivity index (χ0n) is 9.64. The molecule has 4 heteroatoms. The third kappa shape index (κ3) is 3.37. The predicted molar refractivity (Wildman–Crippen MR) is 59.2 cm³/mol. The van der Waals surface area contributed by atoms with Crippen molar-refractivity contribution in [3.05, 3.63) is 18.0 Å². The van der Waals surface area contributed by atoms with Crippen molar-refractivity contribution in [3.8, 4) is 6.07 Å². The van der Waals surface area contributed by atoms with E-state index in [2.05, 4.69) is 29.9 Å². The fourth-order valence-electron chi connectivity index (χ4n) is 1.52. The van der Waals surface area contributed by atoms with Gasteiger partial charge in [0.05, 0.1) is 12.6 Å². The lowest BCUT2D eigenvalue weighted by Crippen LogP contribution is -2.33. The van der Waals surface area contributed by atoms with Gasteiger partial charge in [0.1, 0.15) is 0 Å². The quantitative estimate of drug-likeness (QED) is 0.680. The van der Waals surface area contributed by atoms with Crippen LogP contribution in [0, 0.1) is 11.3 Å². The molecule has 82 valence electrons. The van der Waals surface area contributed by atoms with E-state index in [-0.39, 0.29) is 0 Å². The maximum Gasteiger partial charge on any atom is 0.0868 e. The molecular formula is C11H18N4. The molecule has 0 aliphatic heterocycles. The lowest BCUT2D eigenvalue weighted by atomic mass is 10.2. The van der Waals surface area contributed by atoms with Gasteiger partial charge < -0.3 is 0 Å². The predicted octanol–water partition coefficient (Wildman–Crippen LogP) is 1.20. The highest BCUT2D eigenvalue weighted by Crippen LogP contribution is 2.02. The summed E-state index contributed by atoms with van der Waals surface area (Å²) < 4.78 is 1.88. The first-order valence-electron chi connectivity index (χ1n) is 5.23. The highest BCUT2D eigenvalue weighted by Gasteiger charge is 2.09. The van der Waals surface area contributed by atoms with Crippen LogP contribution >= 0.6 is 0 Å². The molecule has 0 saturated heterocycles. The van der Waals surface area contributed by atoms with Crippen LogP contribution in [0.4, 0.5) is 0 Å². The molecule has 0 atom stereocenters. The Kier molecular flexibility index (Phi) is 4.32. The second-order valence-electron chi connectivity index (χ2n) is 3.92. The first-order valence-corrected chi connectivity index (χ1v) is 5.23. The number of nitriles is 1. The molecule has 1 aromatic rings. The van der Waals surface area contributed by atoms with Crippen LogP contribution in [0.5, 0.6) is 0 Å². The number of hydrogen-bond acceptors (Lipinski definition) is 3. The number of aryl methyl sites for hydroxylation is 1. The van der Waals surface area contributed by atoms with Crippen LogP contribution in [0.2, 0.25) is 0 Å². The maximum atomic E-state index is 8.69. The Balaban J connectivity index is 2.48. The summed E-state index contributed by atoms with van der Waals surface area (Å²) in [6, 6.07) is 4.63. The van der Waals surface area contributed by atoms with E-state index in [0.717, 1.165) is 13.0 Å². The van der Waals surface area contributed by atoms with Crippen molar-refractivity contribution in [1.82, 2.24) is 14.7 Å². The van der Waals surface area contributed by atoms with Crippen molar-refractivity contribution >= 4 is 0 Å². The first kappa shape index (κ1) is 11.7. The summed E-state index contributed by atoms with van der Waals surface area (Å²) in [5.74, 6) is 0. The summed E-state index contributed by atoms with van der Waals surface area (Å²) in [5, 5.41) is 12.8. The highest BCUT2D eigenvalue weighted by molar-refractivity contribution is 5.00. The summed E-state index contributed by atoms with van der Waals surface area (Å²) >= 11 is 0. The third-order valence-corrected chi connectivity index (χ3v) is 2.58. The van der Waals surface area contributed by atoms with E-state index in [4.69, 9.17) is 5.26 Å². The smallest absolute Gasteiger partial charge is 0.0868 e. The zero-order chi connectivity index (χ0) is 11.3. The minimum atomic E-state index is 0.415. The number of hydrogen-bond donors (Lipinski definition) is 0. The lowest BCUT2D eigenvalue weighted by Gasteiger charge is -2.23. The molecule has 0 N–H and O–H groups in total. The van der Waals surface area contributed by atoms with Crippen molar-refractivity contribution in [2.24, 2.45) is 7.05 Å². The van der Waals surface area contributed by atoms with Crippen molar-refractivity contribution in [1.29, 1.82) is 5.26 Å². The molecular weight excluding hydrogens is 188 g/mol. The number of nitrogens with zero attached hydrogens (tertiary/aromatic N) is 4. The molecule has 0 aliphatic rings. The van der Waals surface area contributed by atoms with Crippen LogP contribution in [0.3, 0.4) is 0 Å². The Morgan fingerprint density at radius 3 is 2.80 bits per heavy atom. The van der Waals surface area contributed by atoms with Gasteiger partial charge in [0.2, 0.25) is 0 Å². The van der Waals surface area contributed by atoms with E-state index in [0.29, 0.717) is 12.6 Å². The molecule has 0 aromatic carbocycles. The molecule has 1 heterocycles. The summed E-state index contributed by atoms with van der Waals surface area (Å²) in [6.07, 6.45) is 2.75.